The molecule has 0 N–H and O–H groups in total. The van der Waals surface area contributed by atoms with Gasteiger partial charge in [0.05, 0.1) is 19.8 Å². The molecule has 5 rings (SSSR count). The van der Waals surface area contributed by atoms with E-state index < -0.39 is 23.3 Å². The Bertz CT molecular complexity index is 595. The van der Waals surface area contributed by atoms with E-state index >= 15 is 0 Å². The second-order valence-corrected chi connectivity index (χ2v) is 9.37. The van der Waals surface area contributed by atoms with Crippen molar-refractivity contribution in [1.29, 1.82) is 0 Å². The number of ether oxygens (including phenoxy) is 5. The molecule has 1 heterocycles. The largest absolute Gasteiger partial charge is 0.455 e. The van der Waals surface area contributed by atoms with Crippen molar-refractivity contribution >= 4 is 5.97 Å². The number of alkyl halides is 2. The normalized spacial score (nSPS) is 42.2. The van der Waals surface area contributed by atoms with Gasteiger partial charge in [0, 0.05) is 31.3 Å². The van der Waals surface area contributed by atoms with Crippen LogP contribution < -0.4 is 0 Å². The van der Waals surface area contributed by atoms with Gasteiger partial charge in [-0.3, -0.25) is 0 Å². The quantitative estimate of drug-likeness (QED) is 0.466. The van der Waals surface area contributed by atoms with E-state index in [1.165, 1.54) is 0 Å². The molecule has 0 radical (unpaired) electrons. The molecule has 0 amide bonds. The summed E-state index contributed by atoms with van der Waals surface area (Å²) in [6, 6.07) is 0. The van der Waals surface area contributed by atoms with E-state index in [9.17, 15) is 13.6 Å². The zero-order chi connectivity index (χ0) is 20.9. The zero-order valence-corrected chi connectivity index (χ0v) is 17.5. The molecule has 3 unspecified atom stereocenters. The fourth-order valence-corrected chi connectivity index (χ4v) is 5.97. The Labute approximate surface area is 170 Å². The van der Waals surface area contributed by atoms with Gasteiger partial charge in [-0.25, -0.2) is 4.79 Å². The monoisotopic (exact) mass is 418 g/mol. The van der Waals surface area contributed by atoms with Gasteiger partial charge in [-0.1, -0.05) is 0 Å². The number of carbonyl (C=O) groups excluding carboxylic acids is 1. The summed E-state index contributed by atoms with van der Waals surface area (Å²) in [5.41, 5.74) is -0.794. The Balaban J connectivity index is 1.38. The van der Waals surface area contributed by atoms with Crippen molar-refractivity contribution in [3.05, 3.63) is 0 Å². The lowest BCUT2D eigenvalue weighted by Crippen LogP contribution is -2.68. The van der Waals surface area contributed by atoms with Crippen LogP contribution in [0.15, 0.2) is 0 Å². The van der Waals surface area contributed by atoms with Gasteiger partial charge >= 0.3 is 11.9 Å². The van der Waals surface area contributed by atoms with Crippen LogP contribution in [0.2, 0.25) is 0 Å². The van der Waals surface area contributed by atoms with Gasteiger partial charge in [-0.05, 0) is 51.9 Å². The van der Waals surface area contributed by atoms with Gasteiger partial charge in [0.15, 0.2) is 12.1 Å². The third-order valence-electron chi connectivity index (χ3n) is 7.00. The number of carbonyl (C=O) groups is 1. The molecule has 6 nitrogen and oxygen atoms in total. The minimum atomic E-state index is -3.47. The molecule has 5 fully saturated rings. The standard InChI is InChI=1S/C21H32F2O6/c1-4-25-13(2)26-10-15-11-27-21(28-12-15)16-5-14-6-17(21)9-20(7-14,8-16)29-18(24)19(3,22)23/h13-17H,4-12H2,1-3H3. The maximum Gasteiger partial charge on any atom is 0.377 e. The molecule has 0 aromatic rings. The van der Waals surface area contributed by atoms with Crippen LogP contribution in [0.4, 0.5) is 8.78 Å². The van der Waals surface area contributed by atoms with E-state index in [2.05, 4.69) is 0 Å². The van der Waals surface area contributed by atoms with Crippen LogP contribution in [-0.2, 0) is 28.5 Å². The highest BCUT2D eigenvalue weighted by atomic mass is 19.3. The maximum atomic E-state index is 13.4. The molecule has 166 valence electrons. The topological polar surface area (TPSA) is 63.2 Å². The summed E-state index contributed by atoms with van der Waals surface area (Å²) in [4.78, 5) is 11.9. The maximum absolute atomic E-state index is 13.4. The number of esters is 1. The van der Waals surface area contributed by atoms with Crippen LogP contribution in [0.5, 0.6) is 0 Å². The Morgan fingerprint density at radius 3 is 2.31 bits per heavy atom. The van der Waals surface area contributed by atoms with E-state index in [0.29, 0.717) is 58.5 Å². The Morgan fingerprint density at radius 2 is 1.76 bits per heavy atom. The molecule has 0 aromatic heterocycles. The summed E-state index contributed by atoms with van der Waals surface area (Å²) < 4.78 is 56.0. The molecule has 5 aliphatic rings. The molecule has 8 heteroatoms. The van der Waals surface area contributed by atoms with E-state index in [0.717, 1.165) is 12.8 Å². The molecule has 0 aromatic carbocycles. The highest BCUT2D eigenvalue weighted by Gasteiger charge is 2.66. The number of halogens is 2. The lowest BCUT2D eigenvalue weighted by atomic mass is 9.51. The third kappa shape index (κ3) is 4.05. The predicted octanol–water partition coefficient (Wildman–Crippen LogP) is 3.52. The van der Waals surface area contributed by atoms with Gasteiger partial charge in [0.2, 0.25) is 0 Å². The second kappa shape index (κ2) is 7.70. The number of hydrogen-bond acceptors (Lipinski definition) is 6. The molecule has 4 saturated carbocycles. The van der Waals surface area contributed by atoms with Crippen molar-refractivity contribution in [2.24, 2.45) is 23.7 Å². The molecule has 1 saturated heterocycles. The first-order chi connectivity index (χ1) is 13.7. The summed E-state index contributed by atoms with van der Waals surface area (Å²) in [5.74, 6) is -4.93. The van der Waals surface area contributed by atoms with E-state index in [4.69, 9.17) is 23.7 Å². The van der Waals surface area contributed by atoms with Crippen molar-refractivity contribution in [3.8, 4) is 0 Å². The van der Waals surface area contributed by atoms with Crippen LogP contribution in [-0.4, -0.2) is 56.0 Å². The Kier molecular flexibility index (Phi) is 5.68. The molecule has 1 aliphatic heterocycles. The summed E-state index contributed by atoms with van der Waals surface area (Å²) in [7, 11) is 0. The molecule has 3 atom stereocenters. The second-order valence-electron chi connectivity index (χ2n) is 9.37. The van der Waals surface area contributed by atoms with Crippen LogP contribution in [0.1, 0.15) is 52.9 Å². The predicted molar refractivity (Wildman–Crippen MR) is 98.2 cm³/mol. The SMILES string of the molecule is CCOC(C)OCC1COC2(OC1)C1CC3CC2CC(OC(=O)C(C)(F)F)(C3)C1. The van der Waals surface area contributed by atoms with E-state index in [1.807, 2.05) is 13.8 Å². The van der Waals surface area contributed by atoms with Gasteiger partial charge in [0.25, 0.3) is 0 Å². The molecule has 29 heavy (non-hydrogen) atoms. The van der Waals surface area contributed by atoms with Crippen molar-refractivity contribution < 1.29 is 37.3 Å². The van der Waals surface area contributed by atoms with Gasteiger partial charge in [0.1, 0.15) is 5.60 Å². The van der Waals surface area contributed by atoms with Crippen LogP contribution in [0.3, 0.4) is 0 Å². The molecule has 1 spiro atoms. The first kappa shape index (κ1) is 21.4. The van der Waals surface area contributed by atoms with Gasteiger partial charge in [-0.15, -0.1) is 0 Å². The van der Waals surface area contributed by atoms with Crippen molar-refractivity contribution in [1.82, 2.24) is 0 Å². The highest BCUT2D eigenvalue weighted by molar-refractivity contribution is 5.77. The van der Waals surface area contributed by atoms with Crippen molar-refractivity contribution in [3.63, 3.8) is 0 Å². The van der Waals surface area contributed by atoms with Crippen LogP contribution >= 0.6 is 0 Å². The fourth-order valence-electron chi connectivity index (χ4n) is 5.97. The van der Waals surface area contributed by atoms with Crippen molar-refractivity contribution in [2.45, 2.75) is 76.5 Å². The molecular formula is C21H32F2O6. The first-order valence-electron chi connectivity index (χ1n) is 10.8. The fraction of sp³-hybridized carbons (Fsp3) is 0.952. The smallest absolute Gasteiger partial charge is 0.377 e. The van der Waals surface area contributed by atoms with Crippen molar-refractivity contribution in [2.75, 3.05) is 26.4 Å². The molecular weight excluding hydrogens is 386 g/mol. The summed E-state index contributed by atoms with van der Waals surface area (Å²) >= 11 is 0. The summed E-state index contributed by atoms with van der Waals surface area (Å²) in [6.07, 6.45) is 3.34. The summed E-state index contributed by atoms with van der Waals surface area (Å²) in [6.45, 7) is 6.57. The Hall–Kier alpha value is -0.830. The van der Waals surface area contributed by atoms with Gasteiger partial charge < -0.3 is 23.7 Å². The zero-order valence-electron chi connectivity index (χ0n) is 17.5. The Morgan fingerprint density at radius 1 is 1.14 bits per heavy atom. The lowest BCUT2D eigenvalue weighted by Gasteiger charge is -2.64. The highest BCUT2D eigenvalue weighted by Crippen LogP contribution is 2.63. The van der Waals surface area contributed by atoms with E-state index in [-0.39, 0.29) is 24.0 Å². The average molecular weight is 418 g/mol. The minimum absolute atomic E-state index is 0.0660. The number of hydrogen-bond donors (Lipinski definition) is 0. The first-order valence-corrected chi connectivity index (χ1v) is 10.8. The molecule has 4 aliphatic carbocycles. The van der Waals surface area contributed by atoms with Crippen LogP contribution in [0, 0.1) is 23.7 Å². The number of rotatable bonds is 7. The average Bonchev–Trinajstić information content (AvgIpc) is 2.64. The van der Waals surface area contributed by atoms with Crippen LogP contribution in [0.25, 0.3) is 0 Å². The van der Waals surface area contributed by atoms with E-state index in [1.54, 1.807) is 0 Å². The molecule has 4 bridgehead atoms. The van der Waals surface area contributed by atoms with Gasteiger partial charge in [-0.2, -0.15) is 8.78 Å². The summed E-state index contributed by atoms with van der Waals surface area (Å²) in [5, 5.41) is 0. The lowest BCUT2D eigenvalue weighted by molar-refractivity contribution is -0.384. The minimum Gasteiger partial charge on any atom is -0.455 e. The third-order valence-corrected chi connectivity index (χ3v) is 7.00.